The molecule has 114 valence electrons. The standard InChI is InChI=1S/C16H17N3O3/c1-11-9-18(16(22)17-15(11)21)10-14(20)19-8-7-13(19)12-5-3-2-4-6-12/h2-6,9,13H,7-8,10H2,1H3,(H,17,21,22)/t13-/m1/s1. The number of aromatic nitrogens is 2. The lowest BCUT2D eigenvalue weighted by Crippen LogP contribution is -2.47. The monoisotopic (exact) mass is 299 g/mol. The number of H-pyrrole nitrogens is 1. The number of hydrogen-bond acceptors (Lipinski definition) is 3. The van der Waals surface area contributed by atoms with Crippen molar-refractivity contribution in [1.82, 2.24) is 14.5 Å². The maximum absolute atomic E-state index is 12.4. The first-order valence-corrected chi connectivity index (χ1v) is 7.21. The number of carbonyl (C=O) groups is 1. The summed E-state index contributed by atoms with van der Waals surface area (Å²) in [6, 6.07) is 9.92. The Morgan fingerprint density at radius 3 is 2.64 bits per heavy atom. The van der Waals surface area contributed by atoms with E-state index in [4.69, 9.17) is 0 Å². The summed E-state index contributed by atoms with van der Waals surface area (Å²) in [4.78, 5) is 39.5. The van der Waals surface area contributed by atoms with Crippen molar-refractivity contribution in [3.8, 4) is 0 Å². The van der Waals surface area contributed by atoms with E-state index in [1.165, 1.54) is 10.8 Å². The molecular formula is C16H17N3O3. The van der Waals surface area contributed by atoms with Crippen LogP contribution in [0.1, 0.15) is 23.6 Å². The van der Waals surface area contributed by atoms with Crippen LogP contribution in [0.15, 0.2) is 46.1 Å². The molecule has 1 aromatic carbocycles. The third kappa shape index (κ3) is 2.59. The van der Waals surface area contributed by atoms with Crippen molar-refractivity contribution < 1.29 is 4.79 Å². The average Bonchev–Trinajstić information content (AvgIpc) is 2.44. The van der Waals surface area contributed by atoms with Gasteiger partial charge in [0.1, 0.15) is 6.54 Å². The zero-order valence-electron chi connectivity index (χ0n) is 12.3. The molecule has 1 aliphatic rings. The van der Waals surface area contributed by atoms with E-state index in [1.54, 1.807) is 11.8 Å². The molecule has 1 N–H and O–H groups in total. The van der Waals surface area contributed by atoms with Crippen LogP contribution < -0.4 is 11.2 Å². The van der Waals surface area contributed by atoms with Crippen molar-refractivity contribution in [2.24, 2.45) is 0 Å². The van der Waals surface area contributed by atoms with Crippen LogP contribution in [0, 0.1) is 6.92 Å². The number of benzene rings is 1. The molecule has 2 heterocycles. The van der Waals surface area contributed by atoms with Crippen molar-refractivity contribution in [3.05, 3.63) is 68.5 Å². The predicted molar refractivity (Wildman–Crippen MR) is 81.6 cm³/mol. The van der Waals surface area contributed by atoms with E-state index in [2.05, 4.69) is 4.98 Å². The summed E-state index contributed by atoms with van der Waals surface area (Å²) in [6.07, 6.45) is 2.35. The summed E-state index contributed by atoms with van der Waals surface area (Å²) in [5.41, 5.74) is 0.545. The largest absolute Gasteiger partial charge is 0.334 e. The number of nitrogens with one attached hydrogen (secondary N) is 1. The van der Waals surface area contributed by atoms with Gasteiger partial charge >= 0.3 is 5.69 Å². The first-order valence-electron chi connectivity index (χ1n) is 7.21. The van der Waals surface area contributed by atoms with Crippen LogP contribution in [-0.2, 0) is 11.3 Å². The summed E-state index contributed by atoms with van der Waals surface area (Å²) in [7, 11) is 0. The van der Waals surface area contributed by atoms with Gasteiger partial charge in [-0.15, -0.1) is 0 Å². The van der Waals surface area contributed by atoms with Crippen molar-refractivity contribution in [2.45, 2.75) is 25.9 Å². The van der Waals surface area contributed by atoms with Crippen LogP contribution in [0.5, 0.6) is 0 Å². The Labute approximate surface area is 127 Å². The van der Waals surface area contributed by atoms with E-state index < -0.39 is 11.2 Å². The van der Waals surface area contributed by atoms with Gasteiger partial charge in [0.25, 0.3) is 5.56 Å². The molecule has 22 heavy (non-hydrogen) atoms. The van der Waals surface area contributed by atoms with Crippen molar-refractivity contribution in [1.29, 1.82) is 0 Å². The van der Waals surface area contributed by atoms with E-state index in [9.17, 15) is 14.4 Å². The highest BCUT2D eigenvalue weighted by molar-refractivity contribution is 5.77. The highest BCUT2D eigenvalue weighted by Gasteiger charge is 2.33. The molecule has 3 rings (SSSR count). The zero-order valence-corrected chi connectivity index (χ0v) is 12.3. The Hall–Kier alpha value is -2.63. The van der Waals surface area contributed by atoms with E-state index in [0.29, 0.717) is 12.1 Å². The SMILES string of the molecule is Cc1cn(CC(=O)N2CC[C@@H]2c2ccccc2)c(=O)[nH]c1=O. The summed E-state index contributed by atoms with van der Waals surface area (Å²) < 4.78 is 1.25. The highest BCUT2D eigenvalue weighted by Crippen LogP contribution is 2.33. The lowest BCUT2D eigenvalue weighted by atomic mass is 9.94. The molecule has 0 radical (unpaired) electrons. The highest BCUT2D eigenvalue weighted by atomic mass is 16.2. The molecule has 6 nitrogen and oxygen atoms in total. The fourth-order valence-electron chi connectivity index (χ4n) is 2.68. The van der Waals surface area contributed by atoms with Crippen LogP contribution in [0.25, 0.3) is 0 Å². The maximum atomic E-state index is 12.4. The Morgan fingerprint density at radius 2 is 2.00 bits per heavy atom. The molecule has 0 spiro atoms. The van der Waals surface area contributed by atoms with Gasteiger partial charge in [-0.25, -0.2) is 4.79 Å². The number of amides is 1. The van der Waals surface area contributed by atoms with E-state index in [0.717, 1.165) is 12.0 Å². The number of likely N-dealkylation sites (tertiary alicyclic amines) is 1. The van der Waals surface area contributed by atoms with Crippen molar-refractivity contribution >= 4 is 5.91 Å². The number of hydrogen-bond donors (Lipinski definition) is 1. The van der Waals surface area contributed by atoms with E-state index in [1.807, 2.05) is 30.3 Å². The smallest absolute Gasteiger partial charge is 0.328 e. The van der Waals surface area contributed by atoms with Gasteiger partial charge in [0.2, 0.25) is 5.91 Å². The summed E-state index contributed by atoms with van der Waals surface area (Å²) >= 11 is 0. The topological polar surface area (TPSA) is 75.2 Å². The molecule has 0 aliphatic carbocycles. The Kier molecular flexibility index (Phi) is 3.66. The first-order chi connectivity index (χ1) is 10.6. The maximum Gasteiger partial charge on any atom is 0.328 e. The molecular weight excluding hydrogens is 282 g/mol. The minimum atomic E-state index is -0.555. The fourth-order valence-corrected chi connectivity index (χ4v) is 2.68. The third-order valence-electron chi connectivity index (χ3n) is 4.02. The van der Waals surface area contributed by atoms with E-state index in [-0.39, 0.29) is 18.5 Å². The summed E-state index contributed by atoms with van der Waals surface area (Å²) in [5, 5.41) is 0. The normalized spacial score (nSPS) is 17.1. The van der Waals surface area contributed by atoms with Crippen LogP contribution in [0.4, 0.5) is 0 Å². The molecule has 0 unspecified atom stereocenters. The van der Waals surface area contributed by atoms with Crippen LogP contribution >= 0.6 is 0 Å². The molecule has 1 aromatic heterocycles. The minimum absolute atomic E-state index is 0.0558. The number of rotatable bonds is 3. The minimum Gasteiger partial charge on any atom is -0.334 e. The van der Waals surface area contributed by atoms with Gasteiger partial charge in [0.15, 0.2) is 0 Å². The first kappa shape index (κ1) is 14.3. The van der Waals surface area contributed by atoms with Gasteiger partial charge in [-0.3, -0.25) is 19.1 Å². The number of aromatic amines is 1. The third-order valence-corrected chi connectivity index (χ3v) is 4.02. The quantitative estimate of drug-likeness (QED) is 0.911. The average molecular weight is 299 g/mol. The fraction of sp³-hybridized carbons (Fsp3) is 0.312. The Morgan fingerprint density at radius 1 is 1.27 bits per heavy atom. The lowest BCUT2D eigenvalue weighted by Gasteiger charge is -2.41. The second-order valence-electron chi connectivity index (χ2n) is 5.50. The second kappa shape index (κ2) is 5.63. The molecule has 0 bridgehead atoms. The molecule has 1 amide bonds. The predicted octanol–water partition coefficient (Wildman–Crippen LogP) is 0.819. The van der Waals surface area contributed by atoms with Gasteiger partial charge in [0.05, 0.1) is 6.04 Å². The van der Waals surface area contributed by atoms with Crippen molar-refractivity contribution in [2.75, 3.05) is 6.54 Å². The van der Waals surface area contributed by atoms with Gasteiger partial charge < -0.3 is 4.90 Å². The van der Waals surface area contributed by atoms with Crippen LogP contribution in [0.2, 0.25) is 0 Å². The number of nitrogens with zero attached hydrogens (tertiary/aromatic N) is 2. The number of carbonyl (C=O) groups excluding carboxylic acids is 1. The molecule has 1 atom stereocenters. The summed E-state index contributed by atoms with van der Waals surface area (Å²) in [6.45, 7) is 2.24. The van der Waals surface area contributed by atoms with Gasteiger partial charge in [-0.2, -0.15) is 0 Å². The van der Waals surface area contributed by atoms with Gasteiger partial charge in [0, 0.05) is 18.3 Å². The molecule has 2 aromatic rings. The summed E-state index contributed by atoms with van der Waals surface area (Å²) in [5.74, 6) is -0.117. The van der Waals surface area contributed by atoms with Crippen molar-refractivity contribution in [3.63, 3.8) is 0 Å². The lowest BCUT2D eigenvalue weighted by molar-refractivity contribution is -0.139. The Balaban J connectivity index is 1.77. The van der Waals surface area contributed by atoms with Crippen LogP contribution in [-0.4, -0.2) is 26.9 Å². The Bertz CT molecular complexity index is 807. The van der Waals surface area contributed by atoms with Gasteiger partial charge in [-0.05, 0) is 18.9 Å². The second-order valence-corrected chi connectivity index (χ2v) is 5.50. The molecule has 1 fully saturated rings. The molecule has 6 heteroatoms. The van der Waals surface area contributed by atoms with E-state index >= 15 is 0 Å². The molecule has 1 saturated heterocycles. The van der Waals surface area contributed by atoms with Gasteiger partial charge in [-0.1, -0.05) is 30.3 Å². The zero-order chi connectivity index (χ0) is 15.7. The molecule has 0 saturated carbocycles. The number of aryl methyl sites for hydroxylation is 1. The van der Waals surface area contributed by atoms with Crippen LogP contribution in [0.3, 0.4) is 0 Å². The molecule has 1 aliphatic heterocycles.